The first-order valence-corrected chi connectivity index (χ1v) is 6.93. The van der Waals surface area contributed by atoms with Crippen LogP contribution in [0.1, 0.15) is 19.3 Å². The van der Waals surface area contributed by atoms with Gasteiger partial charge in [-0.15, -0.1) is 0 Å². The number of carbonyl (C=O) groups is 1. The Morgan fingerprint density at radius 3 is 2.45 bits per heavy atom. The van der Waals surface area contributed by atoms with Crippen LogP contribution < -0.4 is 5.32 Å². The summed E-state index contributed by atoms with van der Waals surface area (Å²) in [5.74, 6) is 0.00886. The lowest BCUT2D eigenvalue weighted by molar-refractivity contribution is -0.393. The molecule has 0 atom stereocenters. The van der Waals surface area contributed by atoms with Crippen LogP contribution in [-0.4, -0.2) is 40.3 Å². The van der Waals surface area contributed by atoms with Gasteiger partial charge in [-0.25, -0.2) is 0 Å². The van der Waals surface area contributed by atoms with Gasteiger partial charge in [-0.2, -0.15) is 0 Å². The molecule has 0 radical (unpaired) electrons. The molecule has 1 amide bonds. The van der Waals surface area contributed by atoms with Gasteiger partial charge in [-0.3, -0.25) is 25.0 Å². The minimum absolute atomic E-state index is 0.00886. The third-order valence-electron chi connectivity index (χ3n) is 3.50. The van der Waals surface area contributed by atoms with Crippen molar-refractivity contribution in [1.82, 2.24) is 4.90 Å². The summed E-state index contributed by atoms with van der Waals surface area (Å²) < 4.78 is 0. The predicted octanol–water partition coefficient (Wildman–Crippen LogP) is 1.93. The number of nitro groups is 2. The summed E-state index contributed by atoms with van der Waals surface area (Å²) in [5, 5.41) is 24.4. The summed E-state index contributed by atoms with van der Waals surface area (Å²) in [5.41, 5.74) is -0.543. The molecule has 0 spiro atoms. The zero-order chi connectivity index (χ0) is 16.1. The Balaban J connectivity index is 1.98. The van der Waals surface area contributed by atoms with E-state index >= 15 is 0 Å². The number of amides is 1. The molecular weight excluding hydrogens is 292 g/mol. The average molecular weight is 308 g/mol. The van der Waals surface area contributed by atoms with Crippen LogP contribution in [0, 0.1) is 20.2 Å². The van der Waals surface area contributed by atoms with Crippen molar-refractivity contribution in [3.05, 3.63) is 38.4 Å². The quantitative estimate of drug-likeness (QED) is 0.633. The third-order valence-corrected chi connectivity index (χ3v) is 3.50. The molecule has 1 aromatic carbocycles. The van der Waals surface area contributed by atoms with Crippen LogP contribution in [0.15, 0.2) is 18.2 Å². The first kappa shape index (κ1) is 15.7. The van der Waals surface area contributed by atoms with Crippen LogP contribution in [0.25, 0.3) is 0 Å². The van der Waals surface area contributed by atoms with Crippen molar-refractivity contribution in [3.63, 3.8) is 0 Å². The largest absolute Gasteiger partial charge is 0.379 e. The third kappa shape index (κ3) is 3.68. The summed E-state index contributed by atoms with van der Waals surface area (Å²) in [4.78, 5) is 33.9. The molecule has 0 bridgehead atoms. The molecule has 2 rings (SSSR count). The number of anilines is 1. The topological polar surface area (TPSA) is 119 Å². The summed E-state index contributed by atoms with van der Waals surface area (Å²) in [6, 6.07) is 3.39. The Hall–Kier alpha value is -2.71. The molecule has 9 heteroatoms. The molecule has 0 aromatic heterocycles. The zero-order valence-electron chi connectivity index (χ0n) is 11.9. The van der Waals surface area contributed by atoms with Crippen LogP contribution in [0.2, 0.25) is 0 Å². The maximum absolute atomic E-state index is 11.9. The standard InChI is InChI=1S/C13H16N4O5/c18-13(15-7-1-2-8-15)5-6-14-11-4-3-10(16(19)20)9-12(11)17(21)22/h3-4,9,14H,1-2,5-8H2. The van der Waals surface area contributed by atoms with Crippen molar-refractivity contribution in [3.8, 4) is 0 Å². The van der Waals surface area contributed by atoms with E-state index in [9.17, 15) is 25.0 Å². The van der Waals surface area contributed by atoms with E-state index in [4.69, 9.17) is 0 Å². The number of nitro benzene ring substituents is 2. The van der Waals surface area contributed by atoms with Crippen LogP contribution in [0.4, 0.5) is 17.1 Å². The molecule has 1 N–H and O–H groups in total. The van der Waals surface area contributed by atoms with Gasteiger partial charge in [0.05, 0.1) is 15.9 Å². The Kier molecular flexibility index (Phi) is 4.87. The summed E-state index contributed by atoms with van der Waals surface area (Å²) >= 11 is 0. The molecule has 1 saturated heterocycles. The lowest BCUT2D eigenvalue weighted by Gasteiger charge is -2.15. The molecule has 0 unspecified atom stereocenters. The summed E-state index contributed by atoms with van der Waals surface area (Å²) in [6.07, 6.45) is 2.24. The van der Waals surface area contributed by atoms with E-state index in [0.29, 0.717) is 0 Å². The second-order valence-corrected chi connectivity index (χ2v) is 4.98. The van der Waals surface area contributed by atoms with Gasteiger partial charge in [0.2, 0.25) is 5.91 Å². The van der Waals surface area contributed by atoms with E-state index < -0.39 is 9.85 Å². The average Bonchev–Trinajstić information content (AvgIpc) is 3.01. The van der Waals surface area contributed by atoms with Crippen molar-refractivity contribution >= 4 is 23.0 Å². The maximum atomic E-state index is 11.9. The fourth-order valence-electron chi connectivity index (χ4n) is 2.36. The minimum atomic E-state index is -0.687. The zero-order valence-corrected chi connectivity index (χ0v) is 11.9. The molecule has 1 aromatic rings. The maximum Gasteiger partial charge on any atom is 0.299 e. The first-order chi connectivity index (χ1) is 10.5. The Morgan fingerprint density at radius 1 is 1.18 bits per heavy atom. The Labute approximate surface area is 126 Å². The number of non-ortho nitro benzene ring substituents is 1. The fourth-order valence-corrected chi connectivity index (χ4v) is 2.36. The SMILES string of the molecule is O=C(CCNc1ccc([N+](=O)[O-])cc1[N+](=O)[O-])N1CCCC1. The molecule has 0 aliphatic carbocycles. The van der Waals surface area contributed by atoms with Gasteiger partial charge in [-0.1, -0.05) is 0 Å². The predicted molar refractivity (Wildman–Crippen MR) is 78.7 cm³/mol. The van der Waals surface area contributed by atoms with Gasteiger partial charge >= 0.3 is 0 Å². The molecular formula is C13H16N4O5. The molecule has 22 heavy (non-hydrogen) atoms. The first-order valence-electron chi connectivity index (χ1n) is 6.93. The number of likely N-dealkylation sites (tertiary alicyclic amines) is 1. The number of nitrogens with one attached hydrogen (secondary N) is 1. The molecule has 1 fully saturated rings. The van der Waals surface area contributed by atoms with Crippen molar-refractivity contribution < 1.29 is 14.6 Å². The van der Waals surface area contributed by atoms with Gasteiger partial charge in [0.1, 0.15) is 5.69 Å². The smallest absolute Gasteiger partial charge is 0.299 e. The highest BCUT2D eigenvalue weighted by molar-refractivity contribution is 5.77. The van der Waals surface area contributed by atoms with Gasteiger partial charge in [-0.05, 0) is 18.9 Å². The second-order valence-electron chi connectivity index (χ2n) is 4.98. The van der Waals surface area contributed by atoms with Gasteiger partial charge in [0, 0.05) is 32.1 Å². The number of hydrogen-bond donors (Lipinski definition) is 1. The molecule has 1 aliphatic heterocycles. The lowest BCUT2D eigenvalue weighted by atomic mass is 10.2. The van der Waals surface area contributed by atoms with Crippen molar-refractivity contribution in [1.29, 1.82) is 0 Å². The normalized spacial score (nSPS) is 13.9. The molecule has 1 heterocycles. The van der Waals surface area contributed by atoms with E-state index in [0.717, 1.165) is 32.0 Å². The summed E-state index contributed by atoms with van der Waals surface area (Å²) in [7, 11) is 0. The van der Waals surface area contributed by atoms with Gasteiger partial charge in [0.15, 0.2) is 0 Å². The number of rotatable bonds is 6. The molecule has 9 nitrogen and oxygen atoms in total. The highest BCUT2D eigenvalue weighted by Crippen LogP contribution is 2.28. The van der Waals surface area contributed by atoms with Crippen LogP contribution in [0.3, 0.4) is 0 Å². The molecule has 1 aliphatic rings. The van der Waals surface area contributed by atoms with E-state index in [2.05, 4.69) is 5.32 Å². The van der Waals surface area contributed by atoms with Crippen molar-refractivity contribution in [2.45, 2.75) is 19.3 Å². The number of benzene rings is 1. The molecule has 118 valence electrons. The highest BCUT2D eigenvalue weighted by Gasteiger charge is 2.20. The van der Waals surface area contributed by atoms with Crippen molar-refractivity contribution in [2.24, 2.45) is 0 Å². The second kappa shape index (κ2) is 6.83. The van der Waals surface area contributed by atoms with Gasteiger partial charge < -0.3 is 10.2 Å². The van der Waals surface area contributed by atoms with E-state index in [1.807, 2.05) is 0 Å². The fraction of sp³-hybridized carbons (Fsp3) is 0.462. The Morgan fingerprint density at radius 2 is 1.86 bits per heavy atom. The summed E-state index contributed by atoms with van der Waals surface area (Å²) in [6.45, 7) is 1.76. The van der Waals surface area contributed by atoms with E-state index in [1.54, 1.807) is 4.90 Å². The van der Waals surface area contributed by atoms with E-state index in [-0.39, 0.29) is 35.9 Å². The number of carbonyl (C=O) groups excluding carboxylic acids is 1. The molecule has 0 saturated carbocycles. The number of hydrogen-bond acceptors (Lipinski definition) is 6. The van der Waals surface area contributed by atoms with E-state index in [1.165, 1.54) is 12.1 Å². The number of nitrogens with zero attached hydrogens (tertiary/aromatic N) is 3. The monoisotopic (exact) mass is 308 g/mol. The van der Waals surface area contributed by atoms with Crippen LogP contribution >= 0.6 is 0 Å². The highest BCUT2D eigenvalue weighted by atomic mass is 16.6. The van der Waals surface area contributed by atoms with Crippen LogP contribution in [0.5, 0.6) is 0 Å². The van der Waals surface area contributed by atoms with Crippen LogP contribution in [-0.2, 0) is 4.79 Å². The van der Waals surface area contributed by atoms with Gasteiger partial charge in [0.25, 0.3) is 11.4 Å². The Bertz CT molecular complexity index is 598. The lowest BCUT2D eigenvalue weighted by Crippen LogP contribution is -2.29. The minimum Gasteiger partial charge on any atom is -0.379 e. The van der Waals surface area contributed by atoms with Crippen molar-refractivity contribution in [2.75, 3.05) is 25.0 Å².